The van der Waals surface area contributed by atoms with Gasteiger partial charge in [-0.05, 0) is 24.3 Å². The smallest absolute Gasteiger partial charge is 0.146 e. The molecule has 0 atom stereocenters. The molecule has 0 aliphatic heterocycles. The first-order chi connectivity index (χ1) is 6.84. The third kappa shape index (κ3) is 2.04. The van der Waals surface area contributed by atoms with Crippen molar-refractivity contribution in [3.05, 3.63) is 42.5 Å². The zero-order valence-electron chi connectivity index (χ0n) is 7.51. The van der Waals surface area contributed by atoms with Crippen molar-refractivity contribution >= 4 is 5.82 Å². The van der Waals surface area contributed by atoms with Crippen molar-refractivity contribution in [3.63, 3.8) is 0 Å². The lowest BCUT2D eigenvalue weighted by Gasteiger charge is -2.02. The Bertz CT molecular complexity index is 381. The fourth-order valence-electron chi connectivity index (χ4n) is 1.03. The number of nitrogens with two attached hydrogens (primary N) is 1. The normalized spacial score (nSPS) is 10.0. The lowest BCUT2D eigenvalue weighted by Crippen LogP contribution is -1.95. The van der Waals surface area contributed by atoms with Crippen LogP contribution in [0.15, 0.2) is 41.1 Å². The van der Waals surface area contributed by atoms with Gasteiger partial charge < -0.3 is 14.9 Å². The molecule has 0 aliphatic rings. The molecule has 0 bridgehead atoms. The summed E-state index contributed by atoms with van der Waals surface area (Å²) in [6, 6.07) is 7.13. The molecular formula is C10H10N2O2. The fraction of sp³-hybridized carbons (Fsp3) is 0.100. The van der Waals surface area contributed by atoms with Crippen LogP contribution in [0.1, 0.15) is 5.76 Å². The van der Waals surface area contributed by atoms with Gasteiger partial charge in [-0.3, -0.25) is 0 Å². The van der Waals surface area contributed by atoms with Gasteiger partial charge in [0.2, 0.25) is 0 Å². The van der Waals surface area contributed by atoms with Crippen molar-refractivity contribution in [1.82, 2.24) is 4.98 Å². The van der Waals surface area contributed by atoms with Gasteiger partial charge in [0.05, 0.1) is 12.5 Å². The number of ether oxygens (including phenoxy) is 1. The summed E-state index contributed by atoms with van der Waals surface area (Å²) in [6.07, 6.45) is 3.19. The van der Waals surface area contributed by atoms with E-state index < -0.39 is 0 Å². The van der Waals surface area contributed by atoms with Crippen molar-refractivity contribution in [2.24, 2.45) is 0 Å². The molecule has 14 heavy (non-hydrogen) atoms. The van der Waals surface area contributed by atoms with Crippen LogP contribution < -0.4 is 10.5 Å². The minimum absolute atomic E-state index is 0.401. The topological polar surface area (TPSA) is 61.3 Å². The third-order valence-corrected chi connectivity index (χ3v) is 1.72. The number of anilines is 1. The van der Waals surface area contributed by atoms with Crippen LogP contribution in [0.4, 0.5) is 5.82 Å². The number of nitrogens with zero attached hydrogens (tertiary/aromatic N) is 1. The summed E-state index contributed by atoms with van der Waals surface area (Å²) >= 11 is 0. The van der Waals surface area contributed by atoms with E-state index >= 15 is 0 Å². The third-order valence-electron chi connectivity index (χ3n) is 1.72. The molecule has 0 spiro atoms. The van der Waals surface area contributed by atoms with E-state index in [1.165, 1.54) is 0 Å². The number of aromatic nitrogens is 1. The molecular weight excluding hydrogens is 180 g/mol. The zero-order chi connectivity index (χ0) is 9.80. The molecule has 2 aromatic heterocycles. The van der Waals surface area contributed by atoms with Gasteiger partial charge in [0, 0.05) is 0 Å². The van der Waals surface area contributed by atoms with Crippen molar-refractivity contribution in [2.75, 3.05) is 5.73 Å². The molecule has 0 radical (unpaired) electrons. The van der Waals surface area contributed by atoms with Crippen molar-refractivity contribution in [3.8, 4) is 5.75 Å². The molecule has 2 N–H and O–H groups in total. The van der Waals surface area contributed by atoms with E-state index in [-0.39, 0.29) is 0 Å². The van der Waals surface area contributed by atoms with Crippen LogP contribution in [0.25, 0.3) is 0 Å². The first kappa shape index (κ1) is 8.62. The Labute approximate surface area is 81.3 Å². The molecule has 2 rings (SSSR count). The number of furan rings is 1. The Morgan fingerprint density at radius 3 is 2.93 bits per heavy atom. The molecule has 0 saturated heterocycles. The first-order valence-electron chi connectivity index (χ1n) is 4.21. The van der Waals surface area contributed by atoms with E-state index in [0.29, 0.717) is 18.2 Å². The van der Waals surface area contributed by atoms with E-state index in [9.17, 15) is 0 Å². The number of hydrogen-bond acceptors (Lipinski definition) is 4. The van der Waals surface area contributed by atoms with Crippen LogP contribution in [0.2, 0.25) is 0 Å². The summed E-state index contributed by atoms with van der Waals surface area (Å²) in [5.41, 5.74) is 5.43. The second-order valence-corrected chi connectivity index (χ2v) is 2.79. The molecule has 0 unspecified atom stereocenters. The van der Waals surface area contributed by atoms with E-state index in [0.717, 1.165) is 5.76 Å². The number of rotatable bonds is 3. The predicted octanol–water partition coefficient (Wildman–Crippen LogP) is 1.84. The Hall–Kier alpha value is -1.97. The minimum Gasteiger partial charge on any atom is -0.484 e. The fourth-order valence-corrected chi connectivity index (χ4v) is 1.03. The second kappa shape index (κ2) is 3.83. The number of nitrogen functional groups attached to an aromatic ring is 1. The van der Waals surface area contributed by atoms with Crippen LogP contribution >= 0.6 is 0 Å². The average molecular weight is 190 g/mol. The highest BCUT2D eigenvalue weighted by Gasteiger charge is 1.97. The summed E-state index contributed by atoms with van der Waals surface area (Å²) in [5, 5.41) is 0. The van der Waals surface area contributed by atoms with Crippen molar-refractivity contribution in [2.45, 2.75) is 6.61 Å². The van der Waals surface area contributed by atoms with E-state index in [2.05, 4.69) is 4.98 Å². The Morgan fingerprint density at radius 2 is 2.29 bits per heavy atom. The highest BCUT2D eigenvalue weighted by atomic mass is 16.5. The highest BCUT2D eigenvalue weighted by molar-refractivity contribution is 5.32. The van der Waals surface area contributed by atoms with Crippen LogP contribution in [-0.4, -0.2) is 4.98 Å². The van der Waals surface area contributed by atoms with Crippen LogP contribution in [0, 0.1) is 0 Å². The van der Waals surface area contributed by atoms with Gasteiger partial charge in [0.15, 0.2) is 0 Å². The zero-order valence-corrected chi connectivity index (χ0v) is 7.51. The van der Waals surface area contributed by atoms with Crippen molar-refractivity contribution < 1.29 is 9.15 Å². The van der Waals surface area contributed by atoms with E-state index in [4.69, 9.17) is 14.9 Å². The summed E-state index contributed by atoms with van der Waals surface area (Å²) < 4.78 is 10.5. The molecule has 4 nitrogen and oxygen atoms in total. The van der Waals surface area contributed by atoms with Gasteiger partial charge in [-0.2, -0.15) is 0 Å². The predicted molar refractivity (Wildman–Crippen MR) is 51.7 cm³/mol. The SMILES string of the molecule is Nc1ccc(OCc2ccco2)cn1. The maximum atomic E-state index is 5.43. The first-order valence-corrected chi connectivity index (χ1v) is 4.21. The summed E-state index contributed by atoms with van der Waals surface area (Å²) in [6.45, 7) is 0.401. The van der Waals surface area contributed by atoms with Gasteiger partial charge in [0.25, 0.3) is 0 Å². The minimum atomic E-state index is 0.401. The lowest BCUT2D eigenvalue weighted by atomic mass is 10.4. The van der Waals surface area contributed by atoms with Crippen molar-refractivity contribution in [1.29, 1.82) is 0 Å². The largest absolute Gasteiger partial charge is 0.484 e. The Balaban J connectivity index is 1.95. The van der Waals surface area contributed by atoms with Crippen LogP contribution in [-0.2, 0) is 6.61 Å². The van der Waals surface area contributed by atoms with E-state index in [1.807, 2.05) is 12.1 Å². The van der Waals surface area contributed by atoms with Crippen LogP contribution in [0.5, 0.6) is 5.75 Å². The molecule has 0 aromatic carbocycles. The van der Waals surface area contributed by atoms with Gasteiger partial charge in [-0.25, -0.2) is 4.98 Å². The second-order valence-electron chi connectivity index (χ2n) is 2.79. The molecule has 0 amide bonds. The van der Waals surface area contributed by atoms with Gasteiger partial charge in [0.1, 0.15) is 23.9 Å². The molecule has 4 heteroatoms. The van der Waals surface area contributed by atoms with E-state index in [1.54, 1.807) is 24.6 Å². The maximum absolute atomic E-state index is 5.43. The molecule has 0 fully saturated rings. The summed E-state index contributed by atoms with van der Waals surface area (Å²) in [7, 11) is 0. The Kier molecular flexibility index (Phi) is 2.36. The van der Waals surface area contributed by atoms with Crippen LogP contribution in [0.3, 0.4) is 0 Å². The number of hydrogen-bond donors (Lipinski definition) is 1. The van der Waals surface area contributed by atoms with Gasteiger partial charge in [-0.15, -0.1) is 0 Å². The molecule has 0 saturated carbocycles. The standard InChI is InChI=1S/C10H10N2O2/c11-10-4-3-8(6-12-10)14-7-9-2-1-5-13-9/h1-6H,7H2,(H2,11,12). The molecule has 2 aromatic rings. The molecule has 2 heterocycles. The monoisotopic (exact) mass is 190 g/mol. The summed E-state index contributed by atoms with van der Waals surface area (Å²) in [5.74, 6) is 1.94. The molecule has 0 aliphatic carbocycles. The van der Waals surface area contributed by atoms with Gasteiger partial charge >= 0.3 is 0 Å². The Morgan fingerprint density at radius 1 is 1.36 bits per heavy atom. The lowest BCUT2D eigenvalue weighted by molar-refractivity contribution is 0.269. The summed E-state index contributed by atoms with van der Waals surface area (Å²) in [4.78, 5) is 3.90. The van der Waals surface area contributed by atoms with Gasteiger partial charge in [-0.1, -0.05) is 0 Å². The maximum Gasteiger partial charge on any atom is 0.146 e. The quantitative estimate of drug-likeness (QED) is 0.802. The molecule has 72 valence electrons. The highest BCUT2D eigenvalue weighted by Crippen LogP contribution is 2.12. The number of pyridine rings is 1. The average Bonchev–Trinajstić information content (AvgIpc) is 2.70.